The Labute approximate surface area is 175 Å². The summed E-state index contributed by atoms with van der Waals surface area (Å²) in [6.45, 7) is 0.970. The van der Waals surface area contributed by atoms with E-state index in [2.05, 4.69) is 4.98 Å². The van der Waals surface area contributed by atoms with Gasteiger partial charge in [0.1, 0.15) is 0 Å². The van der Waals surface area contributed by atoms with Crippen molar-refractivity contribution >= 4 is 22.5 Å². The third-order valence-corrected chi connectivity index (χ3v) is 5.07. The van der Waals surface area contributed by atoms with Crippen LogP contribution >= 0.6 is 0 Å². The van der Waals surface area contributed by atoms with Crippen LogP contribution in [0.5, 0.6) is 0 Å². The number of carbonyl (C=O) groups is 1. The molecule has 30 heavy (non-hydrogen) atoms. The van der Waals surface area contributed by atoms with E-state index in [9.17, 15) is 9.59 Å². The molecule has 0 saturated heterocycles. The molecule has 1 aromatic heterocycles. The first kappa shape index (κ1) is 19.6. The number of nitrogens with zero attached hydrogens (tertiary/aromatic N) is 3. The first-order valence-electron chi connectivity index (χ1n) is 10.1. The number of anilines is 1. The lowest BCUT2D eigenvalue weighted by atomic mass is 10.1. The first-order chi connectivity index (χ1) is 14.7. The summed E-state index contributed by atoms with van der Waals surface area (Å²) in [6.07, 6.45) is 2.48. The van der Waals surface area contributed by atoms with Crippen molar-refractivity contribution < 1.29 is 4.79 Å². The van der Waals surface area contributed by atoms with Gasteiger partial charge in [-0.1, -0.05) is 60.7 Å². The van der Waals surface area contributed by atoms with E-state index < -0.39 is 0 Å². The van der Waals surface area contributed by atoms with Crippen molar-refractivity contribution in [2.45, 2.75) is 25.9 Å². The third kappa shape index (κ3) is 4.46. The summed E-state index contributed by atoms with van der Waals surface area (Å²) in [5.74, 6) is 0.0341. The van der Waals surface area contributed by atoms with Crippen molar-refractivity contribution in [3.8, 4) is 0 Å². The zero-order chi connectivity index (χ0) is 20.8. The van der Waals surface area contributed by atoms with E-state index >= 15 is 0 Å². The molecule has 1 amide bonds. The normalized spacial score (nSPS) is 10.8. The van der Waals surface area contributed by atoms with Crippen molar-refractivity contribution in [3.05, 3.63) is 107 Å². The topological polar surface area (TPSA) is 55.2 Å². The lowest BCUT2D eigenvalue weighted by molar-refractivity contribution is -0.118. The van der Waals surface area contributed by atoms with Crippen LogP contribution in [0.2, 0.25) is 0 Å². The highest BCUT2D eigenvalue weighted by Gasteiger charge is 2.16. The average molecular weight is 397 g/mol. The second-order valence-electron chi connectivity index (χ2n) is 7.16. The lowest BCUT2D eigenvalue weighted by Crippen LogP contribution is -2.30. The zero-order valence-corrected chi connectivity index (χ0v) is 16.6. The third-order valence-electron chi connectivity index (χ3n) is 5.07. The standard InChI is InChI=1S/C25H23N3O2/c29-24(16-9-17-27-19-26-23-15-8-7-14-22(23)25(27)30)28(21-12-5-2-6-13-21)18-20-10-3-1-4-11-20/h1-8,10-15,19H,9,16-18H2. The minimum absolute atomic E-state index is 0.0341. The number of hydrogen-bond acceptors (Lipinski definition) is 3. The van der Waals surface area contributed by atoms with Crippen LogP contribution in [-0.4, -0.2) is 15.5 Å². The molecule has 0 saturated carbocycles. The maximum Gasteiger partial charge on any atom is 0.261 e. The Balaban J connectivity index is 1.46. The van der Waals surface area contributed by atoms with Crippen molar-refractivity contribution in [3.63, 3.8) is 0 Å². The number of carbonyl (C=O) groups excluding carboxylic acids is 1. The molecule has 0 bridgehead atoms. The number of fused-ring (bicyclic) bond motifs is 1. The van der Waals surface area contributed by atoms with Gasteiger partial charge in [-0.3, -0.25) is 14.2 Å². The Bertz CT molecular complexity index is 1190. The predicted molar refractivity (Wildman–Crippen MR) is 119 cm³/mol. The molecular weight excluding hydrogens is 374 g/mol. The van der Waals surface area contributed by atoms with E-state index in [-0.39, 0.29) is 11.5 Å². The maximum absolute atomic E-state index is 13.1. The molecular formula is C25H23N3O2. The largest absolute Gasteiger partial charge is 0.308 e. The molecule has 4 aromatic rings. The van der Waals surface area contributed by atoms with Gasteiger partial charge < -0.3 is 4.90 Å². The predicted octanol–water partition coefficient (Wildman–Crippen LogP) is 4.41. The van der Waals surface area contributed by atoms with Crippen LogP contribution in [-0.2, 0) is 17.9 Å². The fourth-order valence-corrected chi connectivity index (χ4v) is 3.50. The molecule has 1 heterocycles. The second kappa shape index (κ2) is 9.18. The van der Waals surface area contributed by atoms with Gasteiger partial charge in [-0.2, -0.15) is 0 Å². The quantitative estimate of drug-likeness (QED) is 0.464. The van der Waals surface area contributed by atoms with Crippen molar-refractivity contribution in [1.82, 2.24) is 9.55 Å². The van der Waals surface area contributed by atoms with Crippen molar-refractivity contribution in [1.29, 1.82) is 0 Å². The summed E-state index contributed by atoms with van der Waals surface area (Å²) in [5.41, 5.74) is 2.56. The number of benzene rings is 3. The van der Waals surface area contributed by atoms with E-state index in [0.29, 0.717) is 36.8 Å². The number of hydrogen-bond donors (Lipinski definition) is 0. The van der Waals surface area contributed by atoms with E-state index in [4.69, 9.17) is 0 Å². The molecule has 0 radical (unpaired) electrons. The molecule has 5 nitrogen and oxygen atoms in total. The van der Waals surface area contributed by atoms with Gasteiger partial charge in [0.15, 0.2) is 0 Å². The minimum atomic E-state index is -0.0720. The number of aromatic nitrogens is 2. The van der Waals surface area contributed by atoms with Crippen LogP contribution in [0.3, 0.4) is 0 Å². The van der Waals surface area contributed by atoms with Crippen LogP contribution in [0.25, 0.3) is 10.9 Å². The minimum Gasteiger partial charge on any atom is -0.308 e. The molecule has 150 valence electrons. The van der Waals surface area contributed by atoms with Gasteiger partial charge in [-0.25, -0.2) is 4.98 Å². The molecule has 0 aliphatic heterocycles. The molecule has 0 aliphatic carbocycles. The number of rotatable bonds is 7. The summed E-state index contributed by atoms with van der Waals surface area (Å²) in [5, 5.41) is 0.598. The Hall–Kier alpha value is -3.73. The molecule has 0 atom stereocenters. The Kier molecular flexibility index (Phi) is 5.99. The van der Waals surface area contributed by atoms with E-state index in [1.807, 2.05) is 78.9 Å². The molecule has 0 aliphatic rings. The first-order valence-corrected chi connectivity index (χ1v) is 10.1. The van der Waals surface area contributed by atoms with Crippen LogP contribution < -0.4 is 10.5 Å². The molecule has 0 unspecified atom stereocenters. The summed E-state index contributed by atoms with van der Waals surface area (Å²) < 4.78 is 1.58. The summed E-state index contributed by atoms with van der Waals surface area (Å²) in [7, 11) is 0. The molecule has 5 heteroatoms. The highest BCUT2D eigenvalue weighted by molar-refractivity contribution is 5.93. The smallest absolute Gasteiger partial charge is 0.261 e. The van der Waals surface area contributed by atoms with Gasteiger partial charge in [0.05, 0.1) is 23.8 Å². The van der Waals surface area contributed by atoms with Gasteiger partial charge >= 0.3 is 0 Å². The second-order valence-corrected chi connectivity index (χ2v) is 7.16. The zero-order valence-electron chi connectivity index (χ0n) is 16.6. The molecule has 0 N–H and O–H groups in total. The number of aryl methyl sites for hydroxylation is 1. The summed E-state index contributed by atoms with van der Waals surface area (Å²) >= 11 is 0. The molecule has 4 rings (SSSR count). The molecule has 0 spiro atoms. The number of amides is 1. The highest BCUT2D eigenvalue weighted by Crippen LogP contribution is 2.18. The lowest BCUT2D eigenvalue weighted by Gasteiger charge is -2.23. The Morgan fingerprint density at radius 1 is 0.867 bits per heavy atom. The van der Waals surface area contributed by atoms with Crippen LogP contribution in [0.15, 0.2) is 96.1 Å². The van der Waals surface area contributed by atoms with Crippen LogP contribution in [0.4, 0.5) is 5.69 Å². The fourth-order valence-electron chi connectivity index (χ4n) is 3.50. The maximum atomic E-state index is 13.1. The summed E-state index contributed by atoms with van der Waals surface area (Å²) in [4.78, 5) is 31.8. The van der Waals surface area contributed by atoms with Crippen molar-refractivity contribution in [2.75, 3.05) is 4.90 Å². The van der Waals surface area contributed by atoms with Crippen molar-refractivity contribution in [2.24, 2.45) is 0 Å². The Morgan fingerprint density at radius 3 is 2.30 bits per heavy atom. The van der Waals surface area contributed by atoms with E-state index in [1.54, 1.807) is 21.9 Å². The number of para-hydroxylation sites is 2. The summed E-state index contributed by atoms with van der Waals surface area (Å²) in [6, 6.07) is 26.9. The van der Waals surface area contributed by atoms with Crippen LogP contribution in [0, 0.1) is 0 Å². The van der Waals surface area contributed by atoms with E-state index in [1.165, 1.54) is 0 Å². The van der Waals surface area contributed by atoms with E-state index in [0.717, 1.165) is 11.3 Å². The van der Waals surface area contributed by atoms with Gasteiger partial charge in [0, 0.05) is 18.7 Å². The highest BCUT2D eigenvalue weighted by atomic mass is 16.2. The fraction of sp³-hybridized carbons (Fsp3) is 0.160. The Morgan fingerprint density at radius 2 is 1.53 bits per heavy atom. The SMILES string of the molecule is O=C(CCCn1cnc2ccccc2c1=O)N(Cc1ccccc1)c1ccccc1. The van der Waals surface area contributed by atoms with Gasteiger partial charge in [0.25, 0.3) is 5.56 Å². The molecule has 3 aromatic carbocycles. The van der Waals surface area contributed by atoms with Gasteiger partial charge in [-0.15, -0.1) is 0 Å². The average Bonchev–Trinajstić information content (AvgIpc) is 2.80. The van der Waals surface area contributed by atoms with Crippen LogP contribution in [0.1, 0.15) is 18.4 Å². The molecule has 0 fully saturated rings. The monoisotopic (exact) mass is 397 g/mol. The van der Waals surface area contributed by atoms with Gasteiger partial charge in [0.2, 0.25) is 5.91 Å². The van der Waals surface area contributed by atoms with Gasteiger partial charge in [-0.05, 0) is 36.2 Å².